The van der Waals surface area contributed by atoms with Gasteiger partial charge in [0.1, 0.15) is 0 Å². The third kappa shape index (κ3) is 5.92. The summed E-state index contributed by atoms with van der Waals surface area (Å²) < 4.78 is 0. The summed E-state index contributed by atoms with van der Waals surface area (Å²) in [7, 11) is 4.01. The maximum absolute atomic E-state index is 12.8. The Hall–Kier alpha value is -2.66. The van der Waals surface area contributed by atoms with Gasteiger partial charge < -0.3 is 15.5 Å². The second-order valence-corrected chi connectivity index (χ2v) is 7.64. The summed E-state index contributed by atoms with van der Waals surface area (Å²) in [6.07, 6.45) is 0.879. The van der Waals surface area contributed by atoms with E-state index in [1.54, 1.807) is 24.3 Å². The minimum absolute atomic E-state index is 0.160. The quantitative estimate of drug-likeness (QED) is 0.678. The number of para-hydroxylation sites is 1. The summed E-state index contributed by atoms with van der Waals surface area (Å²) in [6.45, 7) is 7.71. The average Bonchev–Trinajstić information content (AvgIpc) is 2.66. The normalized spacial score (nSPS) is 11.0. The van der Waals surface area contributed by atoms with E-state index in [0.29, 0.717) is 23.6 Å². The first-order chi connectivity index (χ1) is 13.3. The van der Waals surface area contributed by atoms with Crippen molar-refractivity contribution in [1.29, 1.82) is 0 Å². The fourth-order valence-electron chi connectivity index (χ4n) is 3.03. The van der Waals surface area contributed by atoms with E-state index >= 15 is 0 Å². The van der Waals surface area contributed by atoms with Crippen LogP contribution in [0, 0.1) is 6.92 Å². The van der Waals surface area contributed by atoms with Crippen LogP contribution in [-0.4, -0.2) is 43.9 Å². The number of carbonyl (C=O) groups is 2. The lowest BCUT2D eigenvalue weighted by molar-refractivity contribution is 0.0952. The topological polar surface area (TPSA) is 61.4 Å². The van der Waals surface area contributed by atoms with E-state index in [1.165, 1.54) is 0 Å². The molecule has 0 atom stereocenters. The van der Waals surface area contributed by atoms with Crippen LogP contribution < -0.4 is 10.6 Å². The zero-order valence-corrected chi connectivity index (χ0v) is 17.5. The standard InChI is InChI=1S/C23H31N3O2/c1-16(2)20-12-6-9-17(3)21(20)25-23(28)19-11-7-10-18(15-19)22(27)24-13-8-14-26(4)5/h6-7,9-12,15-16H,8,13-14H2,1-5H3,(H,24,27)(H,25,28). The molecular weight excluding hydrogens is 350 g/mol. The van der Waals surface area contributed by atoms with Gasteiger partial charge in [-0.2, -0.15) is 0 Å². The predicted molar refractivity (Wildman–Crippen MR) is 115 cm³/mol. The van der Waals surface area contributed by atoms with Gasteiger partial charge in [0, 0.05) is 23.4 Å². The maximum atomic E-state index is 12.8. The summed E-state index contributed by atoms with van der Waals surface area (Å²) in [4.78, 5) is 27.2. The SMILES string of the molecule is Cc1cccc(C(C)C)c1NC(=O)c1cccc(C(=O)NCCCN(C)C)c1. The van der Waals surface area contributed by atoms with Crippen LogP contribution in [-0.2, 0) is 0 Å². The molecule has 0 radical (unpaired) electrons. The van der Waals surface area contributed by atoms with Crippen molar-refractivity contribution in [3.63, 3.8) is 0 Å². The van der Waals surface area contributed by atoms with Gasteiger partial charge in [-0.1, -0.05) is 38.1 Å². The molecule has 0 unspecified atom stereocenters. The molecule has 2 rings (SSSR count). The molecule has 2 aromatic rings. The first-order valence-corrected chi connectivity index (χ1v) is 9.73. The smallest absolute Gasteiger partial charge is 0.255 e. The van der Waals surface area contributed by atoms with Crippen LogP contribution in [0.1, 0.15) is 58.0 Å². The van der Waals surface area contributed by atoms with E-state index in [4.69, 9.17) is 0 Å². The van der Waals surface area contributed by atoms with Gasteiger partial charge in [-0.15, -0.1) is 0 Å². The summed E-state index contributed by atoms with van der Waals surface area (Å²) in [5, 5.41) is 5.94. The van der Waals surface area contributed by atoms with Gasteiger partial charge in [0.15, 0.2) is 0 Å². The number of anilines is 1. The summed E-state index contributed by atoms with van der Waals surface area (Å²) in [5.74, 6) is -0.0693. The predicted octanol–water partition coefficient (Wildman–Crippen LogP) is 4.05. The van der Waals surface area contributed by atoms with Crippen molar-refractivity contribution >= 4 is 17.5 Å². The van der Waals surface area contributed by atoms with E-state index in [2.05, 4.69) is 29.4 Å². The Morgan fingerprint density at radius 2 is 1.64 bits per heavy atom. The molecule has 5 heteroatoms. The average molecular weight is 382 g/mol. The highest BCUT2D eigenvalue weighted by molar-refractivity contribution is 6.06. The van der Waals surface area contributed by atoms with E-state index in [0.717, 1.165) is 29.8 Å². The number of hydrogen-bond donors (Lipinski definition) is 2. The van der Waals surface area contributed by atoms with Gasteiger partial charge in [-0.3, -0.25) is 9.59 Å². The number of carbonyl (C=O) groups excluding carboxylic acids is 2. The Bertz CT molecular complexity index is 828. The van der Waals surface area contributed by atoms with Gasteiger partial charge in [0.2, 0.25) is 0 Å². The Morgan fingerprint density at radius 1 is 1.00 bits per heavy atom. The van der Waals surface area contributed by atoms with Crippen molar-refractivity contribution in [2.75, 3.05) is 32.5 Å². The van der Waals surface area contributed by atoms with Crippen molar-refractivity contribution < 1.29 is 9.59 Å². The Kier molecular flexibility index (Phi) is 7.76. The molecule has 2 aromatic carbocycles. The monoisotopic (exact) mass is 381 g/mol. The second kappa shape index (κ2) is 10.0. The molecule has 150 valence electrons. The lowest BCUT2D eigenvalue weighted by Crippen LogP contribution is -2.27. The van der Waals surface area contributed by atoms with Crippen LogP contribution >= 0.6 is 0 Å². The number of hydrogen-bond acceptors (Lipinski definition) is 3. The molecule has 0 aromatic heterocycles. The minimum atomic E-state index is -0.210. The maximum Gasteiger partial charge on any atom is 0.255 e. The van der Waals surface area contributed by atoms with Gasteiger partial charge in [-0.25, -0.2) is 0 Å². The lowest BCUT2D eigenvalue weighted by atomic mass is 9.98. The van der Waals surface area contributed by atoms with Gasteiger partial charge in [0.05, 0.1) is 0 Å². The van der Waals surface area contributed by atoms with Crippen LogP contribution in [0.3, 0.4) is 0 Å². The van der Waals surface area contributed by atoms with Crippen LogP contribution in [0.15, 0.2) is 42.5 Å². The molecule has 0 aliphatic rings. The number of nitrogens with zero attached hydrogens (tertiary/aromatic N) is 1. The number of nitrogens with one attached hydrogen (secondary N) is 2. The summed E-state index contributed by atoms with van der Waals surface area (Å²) >= 11 is 0. The third-order valence-electron chi connectivity index (χ3n) is 4.62. The third-order valence-corrected chi connectivity index (χ3v) is 4.62. The van der Waals surface area contributed by atoms with Gasteiger partial charge >= 0.3 is 0 Å². The fraction of sp³-hybridized carbons (Fsp3) is 0.391. The molecule has 2 N–H and O–H groups in total. The van der Waals surface area contributed by atoms with E-state index in [9.17, 15) is 9.59 Å². The zero-order valence-electron chi connectivity index (χ0n) is 17.5. The molecule has 5 nitrogen and oxygen atoms in total. The highest BCUT2D eigenvalue weighted by atomic mass is 16.2. The molecule has 0 bridgehead atoms. The summed E-state index contributed by atoms with van der Waals surface area (Å²) in [5.41, 5.74) is 3.93. The molecule has 0 aliphatic heterocycles. The number of rotatable bonds is 8. The Labute approximate surface area is 168 Å². The minimum Gasteiger partial charge on any atom is -0.352 e. The first-order valence-electron chi connectivity index (χ1n) is 9.73. The zero-order chi connectivity index (χ0) is 20.7. The molecular formula is C23H31N3O2. The van der Waals surface area contributed by atoms with Crippen molar-refractivity contribution in [2.45, 2.75) is 33.1 Å². The van der Waals surface area contributed by atoms with E-state index in [1.807, 2.05) is 39.2 Å². The van der Waals surface area contributed by atoms with Crippen LogP contribution in [0.2, 0.25) is 0 Å². The van der Waals surface area contributed by atoms with E-state index < -0.39 is 0 Å². The molecule has 2 amide bonds. The van der Waals surface area contributed by atoms with Crippen molar-refractivity contribution in [1.82, 2.24) is 10.2 Å². The highest BCUT2D eigenvalue weighted by Crippen LogP contribution is 2.27. The summed E-state index contributed by atoms with van der Waals surface area (Å²) in [6, 6.07) is 12.9. The highest BCUT2D eigenvalue weighted by Gasteiger charge is 2.15. The first kappa shape index (κ1) is 21.6. The van der Waals surface area contributed by atoms with Crippen molar-refractivity contribution in [3.05, 3.63) is 64.7 Å². The van der Waals surface area contributed by atoms with E-state index in [-0.39, 0.29) is 11.8 Å². The van der Waals surface area contributed by atoms with Crippen molar-refractivity contribution in [3.8, 4) is 0 Å². The van der Waals surface area contributed by atoms with Crippen LogP contribution in [0.25, 0.3) is 0 Å². The molecule has 0 fully saturated rings. The lowest BCUT2D eigenvalue weighted by Gasteiger charge is -2.16. The molecule has 0 saturated carbocycles. The van der Waals surface area contributed by atoms with Gasteiger partial charge in [0.25, 0.3) is 11.8 Å². The van der Waals surface area contributed by atoms with Crippen LogP contribution in [0.4, 0.5) is 5.69 Å². The molecule has 28 heavy (non-hydrogen) atoms. The molecule has 0 aliphatic carbocycles. The second-order valence-electron chi connectivity index (χ2n) is 7.64. The number of aryl methyl sites for hydroxylation is 1. The van der Waals surface area contributed by atoms with Gasteiger partial charge in [-0.05, 0) is 69.2 Å². The number of benzene rings is 2. The van der Waals surface area contributed by atoms with Crippen molar-refractivity contribution in [2.24, 2.45) is 0 Å². The largest absolute Gasteiger partial charge is 0.352 e. The Morgan fingerprint density at radius 3 is 2.29 bits per heavy atom. The molecule has 0 spiro atoms. The molecule has 0 saturated heterocycles. The Balaban J connectivity index is 2.10. The fourth-order valence-corrected chi connectivity index (χ4v) is 3.03. The van der Waals surface area contributed by atoms with Crippen LogP contribution in [0.5, 0.6) is 0 Å². The number of amides is 2. The molecule has 0 heterocycles.